The van der Waals surface area contributed by atoms with Gasteiger partial charge in [0.05, 0.1) is 23.2 Å². The van der Waals surface area contributed by atoms with Crippen molar-refractivity contribution in [2.45, 2.75) is 12.6 Å². The second-order valence-electron chi connectivity index (χ2n) is 3.65. The van der Waals surface area contributed by atoms with Gasteiger partial charge in [0, 0.05) is 18.9 Å². The van der Waals surface area contributed by atoms with E-state index in [2.05, 4.69) is 5.10 Å². The van der Waals surface area contributed by atoms with Crippen molar-refractivity contribution in [3.8, 4) is 0 Å². The lowest BCUT2D eigenvalue weighted by molar-refractivity contribution is 0.171. The molecule has 0 saturated heterocycles. The quantitative estimate of drug-likeness (QED) is 0.924. The SMILES string of the molecule is COCCn1nccc1C(O)c1cc(Cl)sc1Cl. The topological polar surface area (TPSA) is 47.3 Å². The van der Waals surface area contributed by atoms with Gasteiger partial charge in [0.1, 0.15) is 10.4 Å². The lowest BCUT2D eigenvalue weighted by Crippen LogP contribution is -2.13. The van der Waals surface area contributed by atoms with Crippen molar-refractivity contribution in [1.82, 2.24) is 9.78 Å². The molecule has 4 nitrogen and oxygen atoms in total. The van der Waals surface area contributed by atoms with Crippen LogP contribution in [0, 0.1) is 0 Å². The van der Waals surface area contributed by atoms with Crippen molar-refractivity contribution in [3.05, 3.63) is 38.3 Å². The molecule has 98 valence electrons. The van der Waals surface area contributed by atoms with E-state index < -0.39 is 6.10 Å². The first kappa shape index (κ1) is 13.8. The second kappa shape index (κ2) is 6.04. The fourth-order valence-corrected chi connectivity index (χ4v) is 3.16. The fourth-order valence-electron chi connectivity index (χ4n) is 1.64. The summed E-state index contributed by atoms with van der Waals surface area (Å²) in [5, 5.41) is 14.5. The Morgan fingerprint density at radius 2 is 2.33 bits per heavy atom. The van der Waals surface area contributed by atoms with Crippen molar-refractivity contribution in [2.75, 3.05) is 13.7 Å². The van der Waals surface area contributed by atoms with Gasteiger partial charge < -0.3 is 9.84 Å². The number of nitrogens with zero attached hydrogens (tertiary/aromatic N) is 2. The summed E-state index contributed by atoms with van der Waals surface area (Å²) in [6.45, 7) is 1.10. The molecule has 2 heterocycles. The highest BCUT2D eigenvalue weighted by Crippen LogP contribution is 2.37. The van der Waals surface area contributed by atoms with E-state index in [1.165, 1.54) is 11.3 Å². The monoisotopic (exact) mass is 306 g/mol. The summed E-state index contributed by atoms with van der Waals surface area (Å²) in [6, 6.07) is 3.43. The van der Waals surface area contributed by atoms with E-state index in [9.17, 15) is 5.11 Å². The predicted molar refractivity (Wildman–Crippen MR) is 72.5 cm³/mol. The molecule has 0 aliphatic rings. The first-order valence-electron chi connectivity index (χ1n) is 5.27. The molecule has 0 amide bonds. The molecule has 0 saturated carbocycles. The van der Waals surface area contributed by atoms with Crippen LogP contribution in [0.1, 0.15) is 17.4 Å². The normalized spacial score (nSPS) is 12.9. The predicted octanol–water partition coefficient (Wildman–Crippen LogP) is 2.98. The minimum Gasteiger partial charge on any atom is -0.383 e. The minimum absolute atomic E-state index is 0.493. The number of thiophene rings is 1. The molecule has 0 aliphatic heterocycles. The fraction of sp³-hybridized carbons (Fsp3) is 0.364. The minimum atomic E-state index is -0.833. The molecule has 0 bridgehead atoms. The van der Waals surface area contributed by atoms with Crippen LogP contribution >= 0.6 is 34.5 Å². The van der Waals surface area contributed by atoms with Gasteiger partial charge in [-0.1, -0.05) is 23.2 Å². The van der Waals surface area contributed by atoms with Gasteiger partial charge in [-0.25, -0.2) is 0 Å². The third-order valence-corrected chi connectivity index (χ3v) is 4.03. The number of aromatic nitrogens is 2. The standard InChI is InChI=1S/C11H12Cl2N2O2S/c1-17-5-4-15-8(2-3-14-15)10(16)7-6-9(12)18-11(7)13/h2-3,6,10,16H,4-5H2,1H3. The summed E-state index contributed by atoms with van der Waals surface area (Å²) in [5.41, 5.74) is 1.27. The Labute approximate surface area is 119 Å². The number of aliphatic hydroxyl groups is 1. The lowest BCUT2D eigenvalue weighted by Gasteiger charge is -2.12. The number of aliphatic hydroxyl groups excluding tert-OH is 1. The third kappa shape index (κ3) is 2.87. The zero-order valence-corrected chi connectivity index (χ0v) is 12.0. The smallest absolute Gasteiger partial charge is 0.123 e. The molecule has 0 radical (unpaired) electrons. The maximum atomic E-state index is 10.3. The molecule has 1 unspecified atom stereocenters. The Bertz CT molecular complexity index is 527. The molecular weight excluding hydrogens is 295 g/mol. The number of rotatable bonds is 5. The number of methoxy groups -OCH3 is 1. The first-order chi connectivity index (χ1) is 8.63. The van der Waals surface area contributed by atoms with Crippen molar-refractivity contribution < 1.29 is 9.84 Å². The van der Waals surface area contributed by atoms with Crippen LogP contribution in [-0.4, -0.2) is 28.6 Å². The van der Waals surface area contributed by atoms with Crippen LogP contribution in [0.3, 0.4) is 0 Å². The molecule has 18 heavy (non-hydrogen) atoms. The Balaban J connectivity index is 2.25. The van der Waals surface area contributed by atoms with E-state index in [1.54, 1.807) is 30.1 Å². The van der Waals surface area contributed by atoms with E-state index in [4.69, 9.17) is 27.9 Å². The molecule has 1 atom stereocenters. The highest BCUT2D eigenvalue weighted by Gasteiger charge is 2.20. The Hall–Kier alpha value is -0.590. The van der Waals surface area contributed by atoms with Crippen LogP contribution in [0.5, 0.6) is 0 Å². The van der Waals surface area contributed by atoms with Gasteiger partial charge in [0.2, 0.25) is 0 Å². The van der Waals surface area contributed by atoms with Crippen LogP contribution in [0.4, 0.5) is 0 Å². The van der Waals surface area contributed by atoms with Gasteiger partial charge in [-0.15, -0.1) is 11.3 Å². The van der Waals surface area contributed by atoms with Crippen LogP contribution in [0.15, 0.2) is 18.3 Å². The largest absolute Gasteiger partial charge is 0.383 e. The summed E-state index contributed by atoms with van der Waals surface area (Å²) in [7, 11) is 1.62. The van der Waals surface area contributed by atoms with E-state index >= 15 is 0 Å². The van der Waals surface area contributed by atoms with Gasteiger partial charge in [0.15, 0.2) is 0 Å². The van der Waals surface area contributed by atoms with Crippen molar-refractivity contribution in [2.24, 2.45) is 0 Å². The van der Waals surface area contributed by atoms with Gasteiger partial charge >= 0.3 is 0 Å². The first-order valence-corrected chi connectivity index (χ1v) is 6.84. The Morgan fingerprint density at radius 1 is 1.56 bits per heavy atom. The molecule has 7 heteroatoms. The summed E-state index contributed by atoms with van der Waals surface area (Å²) in [6.07, 6.45) is 0.802. The Kier molecular flexibility index (Phi) is 4.64. The summed E-state index contributed by atoms with van der Waals surface area (Å²) in [5.74, 6) is 0. The Morgan fingerprint density at radius 3 is 2.94 bits per heavy atom. The highest BCUT2D eigenvalue weighted by molar-refractivity contribution is 7.20. The van der Waals surface area contributed by atoms with Crippen molar-refractivity contribution in [3.63, 3.8) is 0 Å². The van der Waals surface area contributed by atoms with E-state index in [0.29, 0.717) is 33.1 Å². The zero-order valence-electron chi connectivity index (χ0n) is 9.64. The summed E-state index contributed by atoms with van der Waals surface area (Å²) < 4.78 is 7.73. The van der Waals surface area contributed by atoms with Crippen molar-refractivity contribution >= 4 is 34.5 Å². The summed E-state index contributed by atoms with van der Waals surface area (Å²) >= 11 is 13.1. The number of hydrogen-bond acceptors (Lipinski definition) is 4. The molecule has 2 aromatic rings. The summed E-state index contributed by atoms with van der Waals surface area (Å²) in [4.78, 5) is 0. The third-order valence-electron chi connectivity index (χ3n) is 2.51. The zero-order chi connectivity index (χ0) is 13.1. The van der Waals surface area contributed by atoms with E-state index in [0.717, 1.165) is 0 Å². The molecule has 0 fully saturated rings. The van der Waals surface area contributed by atoms with Crippen LogP contribution in [0.2, 0.25) is 8.67 Å². The molecule has 0 aliphatic carbocycles. The number of hydrogen-bond donors (Lipinski definition) is 1. The maximum Gasteiger partial charge on any atom is 0.123 e. The molecule has 2 aromatic heterocycles. The van der Waals surface area contributed by atoms with Crippen molar-refractivity contribution in [1.29, 1.82) is 0 Å². The van der Waals surface area contributed by atoms with Crippen LogP contribution < -0.4 is 0 Å². The van der Waals surface area contributed by atoms with Gasteiger partial charge in [-0.05, 0) is 12.1 Å². The molecule has 0 spiro atoms. The maximum absolute atomic E-state index is 10.3. The van der Waals surface area contributed by atoms with E-state index in [-0.39, 0.29) is 0 Å². The molecule has 0 aromatic carbocycles. The number of ether oxygens (including phenoxy) is 1. The van der Waals surface area contributed by atoms with Gasteiger partial charge in [-0.2, -0.15) is 5.10 Å². The molecule has 2 rings (SSSR count). The lowest BCUT2D eigenvalue weighted by atomic mass is 10.1. The van der Waals surface area contributed by atoms with Crippen LogP contribution in [-0.2, 0) is 11.3 Å². The average Bonchev–Trinajstić information content (AvgIpc) is 2.92. The molecular formula is C11H12Cl2N2O2S. The number of halogens is 2. The van der Waals surface area contributed by atoms with Gasteiger partial charge in [0.25, 0.3) is 0 Å². The van der Waals surface area contributed by atoms with E-state index in [1.807, 2.05) is 0 Å². The molecule has 1 N–H and O–H groups in total. The second-order valence-corrected chi connectivity index (χ2v) is 5.94. The van der Waals surface area contributed by atoms with Crippen LogP contribution in [0.25, 0.3) is 0 Å². The average molecular weight is 307 g/mol. The van der Waals surface area contributed by atoms with Gasteiger partial charge in [-0.3, -0.25) is 4.68 Å². The highest BCUT2D eigenvalue weighted by atomic mass is 35.5.